The van der Waals surface area contributed by atoms with Crippen LogP contribution in [-0.4, -0.2) is 48.2 Å². The Hall–Kier alpha value is -1.92. The first kappa shape index (κ1) is 18.4. The summed E-state index contributed by atoms with van der Waals surface area (Å²) >= 11 is 1.65. The molecule has 4 rings (SSSR count). The highest BCUT2D eigenvalue weighted by molar-refractivity contribution is 7.99. The van der Waals surface area contributed by atoms with E-state index in [2.05, 4.69) is 42.2 Å². The summed E-state index contributed by atoms with van der Waals surface area (Å²) in [6.45, 7) is 5.52. The smallest absolute Gasteiger partial charge is 0.410 e. The van der Waals surface area contributed by atoms with Gasteiger partial charge in [0, 0.05) is 24.9 Å². The lowest BCUT2D eigenvalue weighted by molar-refractivity contribution is 0.0441. The van der Waals surface area contributed by atoms with Crippen molar-refractivity contribution in [3.05, 3.63) is 47.7 Å². The maximum atomic E-state index is 11.8. The molecule has 0 N–H and O–H groups in total. The van der Waals surface area contributed by atoms with Crippen LogP contribution in [0.2, 0.25) is 0 Å². The lowest BCUT2D eigenvalue weighted by Gasteiger charge is -2.25. The van der Waals surface area contributed by atoms with Crippen LogP contribution in [0.1, 0.15) is 30.6 Å². The van der Waals surface area contributed by atoms with Crippen molar-refractivity contribution < 1.29 is 13.9 Å². The third-order valence-electron chi connectivity index (χ3n) is 5.39. The fourth-order valence-electron chi connectivity index (χ4n) is 3.87. The number of nitrogens with zero attached hydrogens (tertiary/aromatic N) is 2. The molecule has 0 aliphatic carbocycles. The maximum absolute atomic E-state index is 11.8. The van der Waals surface area contributed by atoms with Crippen LogP contribution in [0.4, 0.5) is 4.79 Å². The van der Waals surface area contributed by atoms with Crippen molar-refractivity contribution in [2.75, 3.05) is 26.7 Å². The maximum Gasteiger partial charge on any atom is 0.410 e. The molecule has 2 fully saturated rings. The van der Waals surface area contributed by atoms with Crippen molar-refractivity contribution in [1.29, 1.82) is 0 Å². The molecule has 27 heavy (non-hydrogen) atoms. The minimum atomic E-state index is -0.295. The van der Waals surface area contributed by atoms with Crippen LogP contribution in [0.5, 0.6) is 0 Å². The molecular weight excluding hydrogens is 360 g/mol. The quantitative estimate of drug-likeness (QED) is 0.772. The summed E-state index contributed by atoms with van der Waals surface area (Å²) in [5, 5.41) is 0.923. The Labute approximate surface area is 164 Å². The van der Waals surface area contributed by atoms with E-state index in [4.69, 9.17) is 9.15 Å². The second-order valence-corrected chi connectivity index (χ2v) is 8.75. The van der Waals surface area contributed by atoms with Crippen molar-refractivity contribution in [2.24, 2.45) is 0 Å². The van der Waals surface area contributed by atoms with Crippen LogP contribution < -0.4 is 0 Å². The summed E-state index contributed by atoms with van der Waals surface area (Å²) in [7, 11) is 1.82. The molecule has 1 aromatic carbocycles. The Balaban J connectivity index is 1.34. The van der Waals surface area contributed by atoms with Gasteiger partial charge < -0.3 is 14.1 Å². The number of likely N-dealkylation sites (N-methyl/N-ethyl adjacent to an activating group) is 1. The zero-order chi connectivity index (χ0) is 18.9. The Morgan fingerprint density at radius 3 is 2.67 bits per heavy atom. The van der Waals surface area contributed by atoms with Gasteiger partial charge in [0.1, 0.15) is 11.4 Å². The molecule has 5 nitrogen and oxygen atoms in total. The van der Waals surface area contributed by atoms with Crippen LogP contribution in [0.25, 0.3) is 0 Å². The molecule has 2 aromatic rings. The molecule has 6 heteroatoms. The average molecular weight is 387 g/mol. The van der Waals surface area contributed by atoms with E-state index >= 15 is 0 Å². The second kappa shape index (κ2) is 7.60. The van der Waals surface area contributed by atoms with Gasteiger partial charge in [0.05, 0.1) is 13.1 Å². The number of rotatable bonds is 4. The summed E-state index contributed by atoms with van der Waals surface area (Å²) in [5.74, 6) is 0.987. The van der Waals surface area contributed by atoms with E-state index in [-0.39, 0.29) is 11.7 Å². The van der Waals surface area contributed by atoms with E-state index in [9.17, 15) is 4.79 Å². The molecule has 1 spiro atoms. The van der Waals surface area contributed by atoms with Crippen molar-refractivity contribution >= 4 is 17.9 Å². The molecule has 2 aliphatic rings. The first-order valence-corrected chi connectivity index (χ1v) is 10.3. The number of ether oxygens (including phenoxy) is 1. The summed E-state index contributed by atoms with van der Waals surface area (Å²) in [6, 6.07) is 12.6. The molecule has 3 heterocycles. The number of furan rings is 1. The molecule has 0 bridgehead atoms. The third-order valence-corrected chi connectivity index (χ3v) is 6.32. The zero-order valence-electron chi connectivity index (χ0n) is 15.9. The molecule has 144 valence electrons. The standard InChI is InChI=1S/C21H26N2O3S/c1-16-4-7-18(8-5-16)27-19-9-6-17(25-19)14-23-12-3-10-21(11-13-23)15-22(2)20(24)26-21/h4-9H,3,10-15H2,1-2H3/t21-/m1/s1. The highest BCUT2D eigenvalue weighted by Gasteiger charge is 2.44. The van der Waals surface area contributed by atoms with Crippen molar-refractivity contribution in [3.8, 4) is 0 Å². The van der Waals surface area contributed by atoms with Gasteiger partial charge in [-0.05, 0) is 50.6 Å². The fourth-order valence-corrected chi connectivity index (χ4v) is 4.66. The van der Waals surface area contributed by atoms with Gasteiger partial charge in [0.2, 0.25) is 0 Å². The number of amides is 1. The molecule has 2 saturated heterocycles. The van der Waals surface area contributed by atoms with Gasteiger partial charge in [-0.3, -0.25) is 4.90 Å². The van der Waals surface area contributed by atoms with Crippen molar-refractivity contribution in [2.45, 2.75) is 48.3 Å². The molecule has 1 amide bonds. The third kappa shape index (κ3) is 4.33. The second-order valence-electron chi connectivity index (χ2n) is 7.67. The van der Waals surface area contributed by atoms with Crippen LogP contribution in [0.3, 0.4) is 0 Å². The van der Waals surface area contributed by atoms with E-state index in [0.29, 0.717) is 6.54 Å². The van der Waals surface area contributed by atoms with Crippen molar-refractivity contribution in [1.82, 2.24) is 9.80 Å². The monoisotopic (exact) mass is 386 g/mol. The normalized spacial score (nSPS) is 23.6. The van der Waals surface area contributed by atoms with Gasteiger partial charge in [-0.1, -0.05) is 29.5 Å². The summed E-state index contributed by atoms with van der Waals surface area (Å²) < 4.78 is 11.7. The van der Waals surface area contributed by atoms with E-state index in [1.165, 1.54) is 10.5 Å². The Kier molecular flexibility index (Phi) is 5.19. The van der Waals surface area contributed by atoms with E-state index in [0.717, 1.165) is 49.7 Å². The van der Waals surface area contributed by atoms with Gasteiger partial charge in [-0.25, -0.2) is 4.79 Å². The van der Waals surface area contributed by atoms with E-state index in [1.807, 2.05) is 13.1 Å². The Morgan fingerprint density at radius 2 is 1.93 bits per heavy atom. The highest BCUT2D eigenvalue weighted by atomic mass is 32.2. The molecular formula is C21H26N2O3S. The van der Waals surface area contributed by atoms with Gasteiger partial charge in [-0.15, -0.1) is 0 Å². The number of hydrogen-bond donors (Lipinski definition) is 0. The Morgan fingerprint density at radius 1 is 1.11 bits per heavy atom. The molecule has 1 aromatic heterocycles. The first-order valence-electron chi connectivity index (χ1n) is 9.51. The van der Waals surface area contributed by atoms with Gasteiger partial charge in [0.15, 0.2) is 5.09 Å². The molecule has 0 unspecified atom stereocenters. The van der Waals surface area contributed by atoms with E-state index < -0.39 is 0 Å². The molecule has 0 radical (unpaired) electrons. The van der Waals surface area contributed by atoms with Gasteiger partial charge in [-0.2, -0.15) is 0 Å². The lowest BCUT2D eigenvalue weighted by Crippen LogP contribution is -2.35. The molecule has 0 saturated carbocycles. The fraction of sp³-hybridized carbons (Fsp3) is 0.476. The number of likely N-dealkylation sites (tertiary alicyclic amines) is 1. The lowest BCUT2D eigenvalue weighted by atomic mass is 9.95. The molecule has 2 aliphatic heterocycles. The molecule has 1 atom stereocenters. The van der Waals surface area contributed by atoms with Gasteiger partial charge >= 0.3 is 6.09 Å². The van der Waals surface area contributed by atoms with Crippen LogP contribution in [-0.2, 0) is 11.3 Å². The van der Waals surface area contributed by atoms with Crippen molar-refractivity contribution in [3.63, 3.8) is 0 Å². The zero-order valence-corrected chi connectivity index (χ0v) is 16.8. The van der Waals surface area contributed by atoms with E-state index in [1.54, 1.807) is 16.7 Å². The Bertz CT molecular complexity index is 804. The number of hydrogen-bond acceptors (Lipinski definition) is 5. The predicted molar refractivity (Wildman–Crippen MR) is 105 cm³/mol. The van der Waals surface area contributed by atoms with Gasteiger partial charge in [0.25, 0.3) is 0 Å². The predicted octanol–water partition coefficient (Wildman–Crippen LogP) is 4.55. The highest BCUT2D eigenvalue weighted by Crippen LogP contribution is 2.34. The number of aryl methyl sites for hydroxylation is 1. The topological polar surface area (TPSA) is 45.9 Å². The minimum Gasteiger partial charge on any atom is -0.453 e. The van der Waals surface area contributed by atoms with Crippen LogP contribution in [0.15, 0.2) is 50.8 Å². The number of benzene rings is 1. The largest absolute Gasteiger partial charge is 0.453 e. The minimum absolute atomic E-state index is 0.188. The average Bonchev–Trinajstić information content (AvgIpc) is 3.12. The van der Waals surface area contributed by atoms with Crippen LogP contribution >= 0.6 is 11.8 Å². The summed E-state index contributed by atoms with van der Waals surface area (Å²) in [6.07, 6.45) is 2.67. The summed E-state index contributed by atoms with van der Waals surface area (Å²) in [5.41, 5.74) is 0.966. The van der Waals surface area contributed by atoms with Crippen LogP contribution in [0, 0.1) is 6.92 Å². The SMILES string of the molecule is Cc1ccc(Sc2ccc(CN3CCC[C@@]4(CC3)CN(C)C(=O)O4)o2)cc1. The number of carbonyl (C=O) groups is 1. The first-order chi connectivity index (χ1) is 13.0. The number of carbonyl (C=O) groups excluding carboxylic acids is 1. The summed E-state index contributed by atoms with van der Waals surface area (Å²) in [4.78, 5) is 17.1.